The summed E-state index contributed by atoms with van der Waals surface area (Å²) in [5, 5.41) is 8.68. The molecule has 25 heavy (non-hydrogen) atoms. The molecule has 132 valence electrons. The molecule has 2 aromatic heterocycles. The predicted octanol–water partition coefficient (Wildman–Crippen LogP) is 3.43. The van der Waals surface area contributed by atoms with Gasteiger partial charge in [0.15, 0.2) is 0 Å². The molecule has 3 rings (SSSR count). The van der Waals surface area contributed by atoms with Crippen LogP contribution in [-0.2, 0) is 13.6 Å². The Morgan fingerprint density at radius 3 is 2.56 bits per heavy atom. The third-order valence-electron chi connectivity index (χ3n) is 5.00. The molecule has 1 amide bonds. The highest BCUT2D eigenvalue weighted by molar-refractivity contribution is 5.99. The Hall–Kier alpha value is -2.56. The van der Waals surface area contributed by atoms with Gasteiger partial charge in [-0.05, 0) is 64.4 Å². The van der Waals surface area contributed by atoms with Crippen LogP contribution in [0.5, 0.6) is 0 Å². The van der Waals surface area contributed by atoms with Gasteiger partial charge in [-0.1, -0.05) is 0 Å². The maximum Gasteiger partial charge on any atom is 0.251 e. The zero-order valence-electron chi connectivity index (χ0n) is 15.8. The highest BCUT2D eigenvalue weighted by Gasteiger charge is 2.15. The molecule has 3 aromatic rings. The second-order valence-electron chi connectivity index (χ2n) is 6.99. The standard InChI is InChI=1S/C20H26N4O/c1-12-9-14(3)24(22-12)11-13(2)21-20(25)17-7-8-19-18(10-17)15(4)16(5)23(19)6/h7-10,13H,11H2,1-6H3,(H,21,25)/t13-/m0/s1. The van der Waals surface area contributed by atoms with Crippen LogP contribution in [0.3, 0.4) is 0 Å². The van der Waals surface area contributed by atoms with Crippen molar-refractivity contribution >= 4 is 16.8 Å². The number of benzene rings is 1. The lowest BCUT2D eigenvalue weighted by Crippen LogP contribution is -2.36. The van der Waals surface area contributed by atoms with E-state index in [1.807, 2.05) is 49.7 Å². The van der Waals surface area contributed by atoms with E-state index in [1.54, 1.807) is 0 Å². The molecule has 0 unspecified atom stereocenters. The molecule has 5 nitrogen and oxygen atoms in total. The van der Waals surface area contributed by atoms with Crippen molar-refractivity contribution < 1.29 is 4.79 Å². The lowest BCUT2D eigenvalue weighted by atomic mass is 10.1. The molecule has 1 atom stereocenters. The maximum absolute atomic E-state index is 12.6. The van der Waals surface area contributed by atoms with E-state index in [-0.39, 0.29) is 11.9 Å². The molecule has 0 aliphatic rings. The van der Waals surface area contributed by atoms with E-state index in [2.05, 4.69) is 35.9 Å². The fourth-order valence-electron chi connectivity index (χ4n) is 3.37. The smallest absolute Gasteiger partial charge is 0.251 e. The van der Waals surface area contributed by atoms with Gasteiger partial charge in [-0.2, -0.15) is 5.10 Å². The first kappa shape index (κ1) is 17.3. The topological polar surface area (TPSA) is 51.9 Å². The lowest BCUT2D eigenvalue weighted by Gasteiger charge is -2.15. The van der Waals surface area contributed by atoms with E-state index >= 15 is 0 Å². The molecule has 5 heteroatoms. The van der Waals surface area contributed by atoms with Gasteiger partial charge >= 0.3 is 0 Å². The summed E-state index contributed by atoms with van der Waals surface area (Å²) in [4.78, 5) is 12.6. The minimum atomic E-state index is -0.0446. The third kappa shape index (κ3) is 3.18. The summed E-state index contributed by atoms with van der Waals surface area (Å²) >= 11 is 0. The van der Waals surface area contributed by atoms with Gasteiger partial charge in [0.25, 0.3) is 5.91 Å². The Kier molecular flexibility index (Phi) is 4.41. The summed E-state index contributed by atoms with van der Waals surface area (Å²) in [7, 11) is 2.06. The zero-order chi connectivity index (χ0) is 18.3. The number of fused-ring (bicyclic) bond motifs is 1. The monoisotopic (exact) mass is 338 g/mol. The number of carbonyl (C=O) groups is 1. The van der Waals surface area contributed by atoms with Crippen molar-refractivity contribution in [1.82, 2.24) is 19.7 Å². The van der Waals surface area contributed by atoms with E-state index in [0.29, 0.717) is 12.1 Å². The Bertz CT molecular complexity index is 948. The Morgan fingerprint density at radius 2 is 1.92 bits per heavy atom. The summed E-state index contributed by atoms with van der Waals surface area (Å²) in [6.45, 7) is 10.9. The lowest BCUT2D eigenvalue weighted by molar-refractivity contribution is 0.0936. The number of nitrogens with zero attached hydrogens (tertiary/aromatic N) is 3. The van der Waals surface area contributed by atoms with Crippen LogP contribution in [-0.4, -0.2) is 26.3 Å². The molecule has 1 aromatic carbocycles. The number of amides is 1. The highest BCUT2D eigenvalue weighted by Crippen LogP contribution is 2.25. The van der Waals surface area contributed by atoms with Crippen molar-refractivity contribution in [2.45, 2.75) is 47.2 Å². The molecular formula is C20H26N4O. The molecule has 0 aliphatic heterocycles. The summed E-state index contributed by atoms with van der Waals surface area (Å²) in [6, 6.07) is 7.95. The molecule has 0 radical (unpaired) electrons. The van der Waals surface area contributed by atoms with Crippen LogP contribution in [0.2, 0.25) is 0 Å². The van der Waals surface area contributed by atoms with Crippen molar-refractivity contribution in [1.29, 1.82) is 0 Å². The van der Waals surface area contributed by atoms with Crippen LogP contribution in [0, 0.1) is 27.7 Å². The van der Waals surface area contributed by atoms with Gasteiger partial charge in [-0.15, -0.1) is 0 Å². The van der Waals surface area contributed by atoms with E-state index in [4.69, 9.17) is 0 Å². The molecule has 2 heterocycles. The van der Waals surface area contributed by atoms with Crippen molar-refractivity contribution in [3.63, 3.8) is 0 Å². The van der Waals surface area contributed by atoms with Gasteiger partial charge in [0.2, 0.25) is 0 Å². The van der Waals surface area contributed by atoms with E-state index in [0.717, 1.165) is 22.3 Å². The van der Waals surface area contributed by atoms with E-state index in [9.17, 15) is 4.79 Å². The van der Waals surface area contributed by atoms with Gasteiger partial charge in [0, 0.05) is 40.9 Å². The molecule has 0 aliphatic carbocycles. The Labute approximate surface area is 148 Å². The number of rotatable bonds is 4. The van der Waals surface area contributed by atoms with Crippen LogP contribution in [0.25, 0.3) is 10.9 Å². The SMILES string of the molecule is Cc1cc(C)n(C[C@H](C)NC(=O)c2ccc3c(c2)c(C)c(C)n3C)n1. The van der Waals surface area contributed by atoms with Crippen LogP contribution in [0.1, 0.15) is 39.9 Å². The third-order valence-corrected chi connectivity index (χ3v) is 5.00. The van der Waals surface area contributed by atoms with Crippen LogP contribution in [0.15, 0.2) is 24.3 Å². The quantitative estimate of drug-likeness (QED) is 0.792. The molecular weight excluding hydrogens is 312 g/mol. The van der Waals surface area contributed by atoms with Gasteiger partial charge in [-0.25, -0.2) is 0 Å². The van der Waals surface area contributed by atoms with Gasteiger partial charge < -0.3 is 9.88 Å². The van der Waals surface area contributed by atoms with Crippen LogP contribution < -0.4 is 5.32 Å². The molecule has 0 saturated carbocycles. The largest absolute Gasteiger partial charge is 0.348 e. The van der Waals surface area contributed by atoms with Crippen molar-refractivity contribution in [2.24, 2.45) is 7.05 Å². The number of aromatic nitrogens is 3. The Balaban J connectivity index is 1.77. The first-order valence-corrected chi connectivity index (χ1v) is 8.65. The number of carbonyl (C=O) groups excluding carboxylic acids is 1. The second-order valence-corrected chi connectivity index (χ2v) is 6.99. The fourth-order valence-corrected chi connectivity index (χ4v) is 3.37. The first-order chi connectivity index (χ1) is 11.8. The second kappa shape index (κ2) is 6.39. The van der Waals surface area contributed by atoms with Gasteiger partial charge in [0.05, 0.1) is 12.2 Å². The predicted molar refractivity (Wildman–Crippen MR) is 101 cm³/mol. The van der Waals surface area contributed by atoms with Crippen molar-refractivity contribution in [3.05, 3.63) is 52.5 Å². The number of hydrogen-bond acceptors (Lipinski definition) is 2. The molecule has 0 spiro atoms. The first-order valence-electron chi connectivity index (χ1n) is 8.65. The van der Waals surface area contributed by atoms with E-state index < -0.39 is 0 Å². The summed E-state index contributed by atoms with van der Waals surface area (Å²) in [6.07, 6.45) is 0. The fraction of sp³-hybridized carbons (Fsp3) is 0.400. The average molecular weight is 338 g/mol. The summed E-state index contributed by atoms with van der Waals surface area (Å²) in [5.41, 5.74) is 6.41. The molecule has 0 bridgehead atoms. The van der Waals surface area contributed by atoms with Crippen LogP contribution in [0.4, 0.5) is 0 Å². The average Bonchev–Trinajstić information content (AvgIpc) is 2.98. The molecule has 0 saturated heterocycles. The Morgan fingerprint density at radius 1 is 1.20 bits per heavy atom. The van der Waals surface area contributed by atoms with Crippen LogP contribution >= 0.6 is 0 Å². The number of nitrogens with one attached hydrogen (secondary N) is 1. The minimum Gasteiger partial charge on any atom is -0.348 e. The molecule has 0 fully saturated rings. The molecule has 1 N–H and O–H groups in total. The van der Waals surface area contributed by atoms with Gasteiger partial charge in [-0.3, -0.25) is 9.48 Å². The van der Waals surface area contributed by atoms with E-state index in [1.165, 1.54) is 11.3 Å². The zero-order valence-corrected chi connectivity index (χ0v) is 15.8. The van der Waals surface area contributed by atoms with Crippen molar-refractivity contribution in [2.75, 3.05) is 0 Å². The number of aryl methyl sites for hydroxylation is 4. The maximum atomic E-state index is 12.6. The summed E-state index contributed by atoms with van der Waals surface area (Å²) < 4.78 is 4.10. The normalized spacial score (nSPS) is 12.6. The van der Waals surface area contributed by atoms with Gasteiger partial charge in [0.1, 0.15) is 0 Å². The highest BCUT2D eigenvalue weighted by atomic mass is 16.1. The minimum absolute atomic E-state index is 0.000182. The number of hydrogen-bond donors (Lipinski definition) is 1. The summed E-state index contributed by atoms with van der Waals surface area (Å²) in [5.74, 6) is -0.0446. The van der Waals surface area contributed by atoms with Crippen molar-refractivity contribution in [3.8, 4) is 0 Å².